The van der Waals surface area contributed by atoms with Gasteiger partial charge in [-0.05, 0) is 55.7 Å². The Kier molecular flexibility index (Phi) is 10.9. The number of likely N-dealkylation sites (tertiary alicyclic amines) is 1. The van der Waals surface area contributed by atoms with Gasteiger partial charge in [-0.15, -0.1) is 24.0 Å². The second-order valence-electron chi connectivity index (χ2n) is 8.17. The molecule has 2 aliphatic rings. The van der Waals surface area contributed by atoms with Crippen LogP contribution < -0.4 is 10.6 Å². The highest BCUT2D eigenvalue weighted by Crippen LogP contribution is 2.26. The van der Waals surface area contributed by atoms with E-state index in [-0.39, 0.29) is 29.9 Å². The van der Waals surface area contributed by atoms with Crippen LogP contribution in [-0.2, 0) is 11.2 Å². The maximum Gasteiger partial charge on any atom is 0.251 e. The van der Waals surface area contributed by atoms with Crippen molar-refractivity contribution in [1.29, 1.82) is 0 Å². The number of hydrogen-bond acceptors (Lipinski definition) is 3. The first-order chi connectivity index (χ1) is 14.2. The summed E-state index contributed by atoms with van der Waals surface area (Å²) in [6.45, 7) is 3.72. The third-order valence-corrected chi connectivity index (χ3v) is 6.11. The third-order valence-electron chi connectivity index (χ3n) is 6.11. The summed E-state index contributed by atoms with van der Waals surface area (Å²) in [4.78, 5) is 18.6. The maximum atomic E-state index is 11.8. The van der Waals surface area contributed by atoms with Gasteiger partial charge in [0.05, 0.1) is 6.10 Å². The fourth-order valence-electron chi connectivity index (χ4n) is 4.35. The van der Waals surface area contributed by atoms with E-state index >= 15 is 0 Å². The molecule has 0 radical (unpaired) electrons. The number of carbonyl (C=O) groups is 1. The molecular formula is C23H37IN4O2. The monoisotopic (exact) mass is 528 g/mol. The van der Waals surface area contributed by atoms with Crippen molar-refractivity contribution in [2.45, 2.75) is 51.0 Å². The van der Waals surface area contributed by atoms with E-state index in [0.717, 1.165) is 62.9 Å². The lowest BCUT2D eigenvalue weighted by atomic mass is 10.1. The molecule has 1 saturated heterocycles. The van der Waals surface area contributed by atoms with E-state index in [1.807, 2.05) is 25.2 Å². The van der Waals surface area contributed by atoms with Crippen LogP contribution in [0.15, 0.2) is 29.3 Å². The Balaban J connectivity index is 0.00000320. The molecule has 0 aromatic heterocycles. The molecule has 1 aromatic rings. The number of rotatable bonds is 7. The Morgan fingerprint density at radius 1 is 1.20 bits per heavy atom. The molecule has 1 aliphatic carbocycles. The minimum Gasteiger partial charge on any atom is -0.378 e. The summed E-state index contributed by atoms with van der Waals surface area (Å²) in [5.74, 6) is 1.71. The number of amides is 1. The molecule has 1 amide bonds. The topological polar surface area (TPSA) is 66.0 Å². The molecule has 0 bridgehead atoms. The number of ether oxygens (including phenoxy) is 1. The summed E-state index contributed by atoms with van der Waals surface area (Å²) in [6, 6.07) is 7.79. The van der Waals surface area contributed by atoms with Crippen molar-refractivity contribution in [3.05, 3.63) is 35.4 Å². The number of benzene rings is 1. The summed E-state index contributed by atoms with van der Waals surface area (Å²) in [5.41, 5.74) is 1.85. The van der Waals surface area contributed by atoms with E-state index < -0.39 is 0 Å². The lowest BCUT2D eigenvalue weighted by Gasteiger charge is -2.34. The molecule has 0 atom stereocenters. The Morgan fingerprint density at radius 2 is 1.93 bits per heavy atom. The van der Waals surface area contributed by atoms with Gasteiger partial charge < -0.3 is 20.3 Å². The van der Waals surface area contributed by atoms with E-state index in [0.29, 0.717) is 11.7 Å². The molecule has 2 fully saturated rings. The number of aliphatic imine (C=N–C) groups is 1. The summed E-state index contributed by atoms with van der Waals surface area (Å²) in [5, 5.41) is 6.15. The highest BCUT2D eigenvalue weighted by Gasteiger charge is 2.23. The highest BCUT2D eigenvalue weighted by molar-refractivity contribution is 14.0. The number of halogens is 1. The molecule has 0 unspecified atom stereocenters. The first kappa shape index (κ1) is 24.9. The molecule has 2 N–H and O–H groups in total. The molecule has 1 heterocycles. The normalized spacial score (nSPS) is 18.2. The van der Waals surface area contributed by atoms with Crippen molar-refractivity contribution >= 4 is 35.8 Å². The second kappa shape index (κ2) is 13.1. The molecular weight excluding hydrogens is 491 g/mol. The van der Waals surface area contributed by atoms with Gasteiger partial charge in [-0.2, -0.15) is 0 Å². The Hall–Kier alpha value is -1.35. The van der Waals surface area contributed by atoms with Gasteiger partial charge in [-0.3, -0.25) is 9.79 Å². The first-order valence-electron chi connectivity index (χ1n) is 11.1. The number of piperidine rings is 1. The lowest BCUT2D eigenvalue weighted by molar-refractivity contribution is 0.00103. The van der Waals surface area contributed by atoms with Gasteiger partial charge in [0.1, 0.15) is 0 Å². The minimum atomic E-state index is -0.0476. The van der Waals surface area contributed by atoms with Crippen molar-refractivity contribution in [2.75, 3.05) is 40.3 Å². The van der Waals surface area contributed by atoms with E-state index in [9.17, 15) is 4.79 Å². The SMILES string of the molecule is CN=C(NCCc1cccc(C(=O)NC)c1)N1CCC(OCC2CCCC2)CC1.I. The molecule has 1 saturated carbocycles. The molecule has 30 heavy (non-hydrogen) atoms. The molecule has 1 aliphatic heterocycles. The van der Waals surface area contributed by atoms with Crippen LogP contribution in [0.25, 0.3) is 0 Å². The van der Waals surface area contributed by atoms with Crippen LogP contribution in [-0.4, -0.2) is 63.2 Å². The van der Waals surface area contributed by atoms with Gasteiger partial charge in [0.25, 0.3) is 5.91 Å². The zero-order valence-electron chi connectivity index (χ0n) is 18.4. The zero-order chi connectivity index (χ0) is 20.5. The van der Waals surface area contributed by atoms with Crippen LogP contribution in [0.1, 0.15) is 54.4 Å². The van der Waals surface area contributed by atoms with E-state index in [4.69, 9.17) is 4.74 Å². The highest BCUT2D eigenvalue weighted by atomic mass is 127. The van der Waals surface area contributed by atoms with Gasteiger partial charge in [0, 0.05) is 45.9 Å². The van der Waals surface area contributed by atoms with Crippen molar-refractivity contribution < 1.29 is 9.53 Å². The van der Waals surface area contributed by atoms with Crippen LogP contribution in [0.3, 0.4) is 0 Å². The standard InChI is InChI=1S/C23H36N4O2.HI/c1-24-22(28)20-9-5-8-18(16-20)10-13-26-23(25-2)27-14-11-21(12-15-27)29-17-19-6-3-4-7-19;/h5,8-9,16,19,21H,3-4,6-7,10-15,17H2,1-2H3,(H,24,28)(H,25,26);1H. The molecule has 168 valence electrons. The van der Waals surface area contributed by atoms with Gasteiger partial charge in [0.2, 0.25) is 0 Å². The fourth-order valence-corrected chi connectivity index (χ4v) is 4.35. The molecule has 1 aromatic carbocycles. The number of nitrogens with one attached hydrogen (secondary N) is 2. The van der Waals surface area contributed by atoms with Gasteiger partial charge in [-0.1, -0.05) is 25.0 Å². The third kappa shape index (κ3) is 7.41. The Morgan fingerprint density at radius 3 is 2.60 bits per heavy atom. The first-order valence-corrected chi connectivity index (χ1v) is 11.1. The van der Waals surface area contributed by atoms with Crippen LogP contribution in [0.4, 0.5) is 0 Å². The molecule has 3 rings (SSSR count). The number of carbonyl (C=O) groups excluding carboxylic acids is 1. The fraction of sp³-hybridized carbons (Fsp3) is 0.652. The molecule has 0 spiro atoms. The van der Waals surface area contributed by atoms with Crippen molar-refractivity contribution in [3.63, 3.8) is 0 Å². The average Bonchev–Trinajstić information content (AvgIpc) is 3.29. The largest absolute Gasteiger partial charge is 0.378 e. The molecule has 7 heteroatoms. The van der Waals surface area contributed by atoms with Crippen molar-refractivity contribution in [1.82, 2.24) is 15.5 Å². The maximum absolute atomic E-state index is 11.8. The second-order valence-corrected chi connectivity index (χ2v) is 8.17. The van der Waals surface area contributed by atoms with Crippen LogP contribution >= 0.6 is 24.0 Å². The summed E-state index contributed by atoms with van der Waals surface area (Å²) < 4.78 is 6.19. The minimum absolute atomic E-state index is 0. The summed E-state index contributed by atoms with van der Waals surface area (Å²) in [7, 11) is 3.50. The summed E-state index contributed by atoms with van der Waals surface area (Å²) in [6.07, 6.45) is 8.85. The van der Waals surface area contributed by atoms with Crippen molar-refractivity contribution in [2.24, 2.45) is 10.9 Å². The Bertz CT molecular complexity index is 684. The predicted molar refractivity (Wildman–Crippen MR) is 133 cm³/mol. The van der Waals surface area contributed by atoms with E-state index in [1.54, 1.807) is 7.05 Å². The van der Waals surface area contributed by atoms with E-state index in [1.165, 1.54) is 25.7 Å². The van der Waals surface area contributed by atoms with Gasteiger partial charge in [-0.25, -0.2) is 0 Å². The number of guanidine groups is 1. The average molecular weight is 528 g/mol. The van der Waals surface area contributed by atoms with E-state index in [2.05, 4.69) is 26.6 Å². The predicted octanol–water partition coefficient (Wildman–Crippen LogP) is 3.45. The molecule has 6 nitrogen and oxygen atoms in total. The zero-order valence-corrected chi connectivity index (χ0v) is 20.7. The smallest absolute Gasteiger partial charge is 0.251 e. The van der Waals surface area contributed by atoms with Crippen LogP contribution in [0, 0.1) is 5.92 Å². The number of hydrogen-bond donors (Lipinski definition) is 2. The number of nitrogens with zero attached hydrogens (tertiary/aromatic N) is 2. The van der Waals surface area contributed by atoms with Crippen molar-refractivity contribution in [3.8, 4) is 0 Å². The van der Waals surface area contributed by atoms with Crippen LogP contribution in [0.5, 0.6) is 0 Å². The Labute approximate surface area is 198 Å². The quantitative estimate of drug-likeness (QED) is 0.323. The summed E-state index contributed by atoms with van der Waals surface area (Å²) >= 11 is 0. The van der Waals surface area contributed by atoms with Crippen LogP contribution in [0.2, 0.25) is 0 Å². The lowest BCUT2D eigenvalue weighted by Crippen LogP contribution is -2.47. The van der Waals surface area contributed by atoms with Gasteiger partial charge >= 0.3 is 0 Å². The van der Waals surface area contributed by atoms with Gasteiger partial charge in [0.15, 0.2) is 5.96 Å².